The molecule has 1 aromatic carbocycles. The van der Waals surface area contributed by atoms with Gasteiger partial charge in [-0.25, -0.2) is 0 Å². The number of rotatable bonds is 1. The van der Waals surface area contributed by atoms with Crippen LogP contribution < -0.4 is 0 Å². The van der Waals surface area contributed by atoms with E-state index in [2.05, 4.69) is 46.5 Å². The van der Waals surface area contributed by atoms with Gasteiger partial charge in [0.15, 0.2) is 0 Å². The Kier molecular flexibility index (Phi) is 2.12. The first kappa shape index (κ1) is 7.16. The topological polar surface area (TPSA) is 0 Å². The fraction of sp³-hybridized carbons (Fsp3) is 0. The molecule has 2 rings (SSSR count). The van der Waals surface area contributed by atoms with Crippen molar-refractivity contribution in [2.75, 3.05) is 0 Å². The van der Waals surface area contributed by atoms with Gasteiger partial charge < -0.3 is 0 Å². The van der Waals surface area contributed by atoms with E-state index >= 15 is 0 Å². The summed E-state index contributed by atoms with van der Waals surface area (Å²) >= 11 is 0.0129. The summed E-state index contributed by atoms with van der Waals surface area (Å²) in [5.41, 5.74) is 1.40. The van der Waals surface area contributed by atoms with E-state index in [1.807, 2.05) is 0 Å². The van der Waals surface area contributed by atoms with Crippen LogP contribution in [0.1, 0.15) is 0 Å². The summed E-state index contributed by atoms with van der Waals surface area (Å²) in [6.45, 7) is 0. The molecule has 0 unspecified atom stereocenters. The van der Waals surface area contributed by atoms with Crippen LogP contribution in [0.2, 0.25) is 0 Å². The minimum absolute atomic E-state index is 0.0129. The van der Waals surface area contributed by atoms with Crippen molar-refractivity contribution in [3.05, 3.63) is 46.5 Å². The van der Waals surface area contributed by atoms with Crippen LogP contribution in [0.15, 0.2) is 46.5 Å². The van der Waals surface area contributed by atoms with Crippen LogP contribution in [0.25, 0.3) is 9.14 Å². The Balaban J connectivity index is 2.46. The maximum atomic E-state index is 2.31. The van der Waals surface area contributed by atoms with Crippen LogP contribution in [0.3, 0.4) is 0 Å². The first-order valence-corrected chi connectivity index (χ1v) is 6.07. The third-order valence-electron chi connectivity index (χ3n) is 1.58. The fourth-order valence-electron chi connectivity index (χ4n) is 1.05. The Bertz CT molecular complexity index is 308. The summed E-state index contributed by atoms with van der Waals surface area (Å²) in [5.74, 6) is 0. The molecule has 0 radical (unpaired) electrons. The Hall–Kier alpha value is -0.510. The van der Waals surface area contributed by atoms with Crippen LogP contribution >= 0.6 is 0 Å². The predicted molar refractivity (Wildman–Crippen MR) is 48.8 cm³/mol. The Morgan fingerprint density at radius 2 is 1.64 bits per heavy atom. The van der Waals surface area contributed by atoms with E-state index in [0.29, 0.717) is 0 Å². The fourth-order valence-corrected chi connectivity index (χ4v) is 3.14. The summed E-state index contributed by atoms with van der Waals surface area (Å²) in [5, 5.41) is 0. The molecule has 0 nitrogen and oxygen atoms in total. The second-order valence-electron chi connectivity index (χ2n) is 2.34. The summed E-state index contributed by atoms with van der Waals surface area (Å²) in [6.07, 6.45) is 0. The zero-order valence-corrected chi connectivity index (χ0v) is 8.36. The maximum absolute atomic E-state index is 2.31. The van der Waals surface area contributed by atoms with E-state index in [9.17, 15) is 0 Å². The molecular formula is C10H8Te. The van der Waals surface area contributed by atoms with E-state index in [1.54, 1.807) is 3.58 Å². The molecule has 0 aliphatic heterocycles. The molecule has 0 aliphatic rings. The summed E-state index contributed by atoms with van der Waals surface area (Å²) in [7, 11) is 0. The number of hydrogen-bond acceptors (Lipinski definition) is 0. The van der Waals surface area contributed by atoms with Gasteiger partial charge in [-0.05, 0) is 0 Å². The molecule has 0 saturated carbocycles. The zero-order chi connectivity index (χ0) is 7.52. The second kappa shape index (κ2) is 3.26. The van der Waals surface area contributed by atoms with Crippen molar-refractivity contribution in [1.29, 1.82) is 0 Å². The van der Waals surface area contributed by atoms with E-state index in [1.165, 1.54) is 5.56 Å². The van der Waals surface area contributed by atoms with Crippen molar-refractivity contribution < 1.29 is 0 Å². The summed E-state index contributed by atoms with van der Waals surface area (Å²) in [6, 6.07) is 15.0. The minimum atomic E-state index is 0.0129. The molecule has 1 heteroatoms. The molecule has 54 valence electrons. The summed E-state index contributed by atoms with van der Waals surface area (Å²) < 4.78 is 3.86. The quantitative estimate of drug-likeness (QED) is 0.687. The first-order chi connectivity index (χ1) is 5.47. The number of hydrogen-bond donors (Lipinski definition) is 0. The van der Waals surface area contributed by atoms with Crippen LogP contribution in [-0.2, 0) is 0 Å². The van der Waals surface area contributed by atoms with Crippen molar-refractivity contribution in [2.45, 2.75) is 0 Å². The van der Waals surface area contributed by atoms with Gasteiger partial charge in [0.05, 0.1) is 0 Å². The van der Waals surface area contributed by atoms with Gasteiger partial charge in [0.2, 0.25) is 0 Å². The molecular weight excluding hydrogens is 248 g/mol. The molecule has 0 aliphatic carbocycles. The molecule has 0 saturated heterocycles. The van der Waals surface area contributed by atoms with E-state index < -0.39 is 0 Å². The molecule has 0 bridgehead atoms. The molecule has 2 aromatic rings. The van der Waals surface area contributed by atoms with Crippen molar-refractivity contribution in [2.24, 2.45) is 0 Å². The van der Waals surface area contributed by atoms with Crippen LogP contribution in [0.5, 0.6) is 0 Å². The average molecular weight is 256 g/mol. The SMILES string of the molecule is c1ccc(-c2ccc[te]2)cc1. The van der Waals surface area contributed by atoms with Gasteiger partial charge in [-0.3, -0.25) is 0 Å². The van der Waals surface area contributed by atoms with Gasteiger partial charge in [0, 0.05) is 0 Å². The zero-order valence-electron chi connectivity index (χ0n) is 6.03. The first-order valence-electron chi connectivity index (χ1n) is 3.56. The molecule has 0 N–H and O–H groups in total. The monoisotopic (exact) mass is 258 g/mol. The van der Waals surface area contributed by atoms with Gasteiger partial charge in [-0.2, -0.15) is 0 Å². The Morgan fingerprint density at radius 1 is 0.818 bits per heavy atom. The molecule has 0 atom stereocenters. The standard InChI is InChI=1S/C10H8Te/c1-2-5-9(6-3-1)10-7-4-8-11-10/h1-8H. The van der Waals surface area contributed by atoms with E-state index in [-0.39, 0.29) is 20.4 Å². The van der Waals surface area contributed by atoms with Gasteiger partial charge in [-0.15, -0.1) is 0 Å². The van der Waals surface area contributed by atoms with Crippen molar-refractivity contribution in [3.63, 3.8) is 0 Å². The molecule has 0 spiro atoms. The Morgan fingerprint density at radius 3 is 2.27 bits per heavy atom. The van der Waals surface area contributed by atoms with Crippen LogP contribution in [-0.4, -0.2) is 20.4 Å². The molecule has 1 aromatic heterocycles. The summed E-state index contributed by atoms with van der Waals surface area (Å²) in [4.78, 5) is 0. The van der Waals surface area contributed by atoms with Crippen LogP contribution in [0.4, 0.5) is 0 Å². The van der Waals surface area contributed by atoms with Crippen LogP contribution in [0, 0.1) is 0 Å². The molecule has 0 fully saturated rings. The van der Waals surface area contributed by atoms with Gasteiger partial charge in [-0.1, -0.05) is 0 Å². The van der Waals surface area contributed by atoms with Crippen molar-refractivity contribution in [1.82, 2.24) is 0 Å². The van der Waals surface area contributed by atoms with Gasteiger partial charge >= 0.3 is 76.1 Å². The molecule has 11 heavy (non-hydrogen) atoms. The van der Waals surface area contributed by atoms with Gasteiger partial charge in [0.25, 0.3) is 0 Å². The van der Waals surface area contributed by atoms with E-state index in [0.717, 1.165) is 0 Å². The Labute approximate surface area is 76.1 Å². The third kappa shape index (κ3) is 1.56. The normalized spacial score (nSPS) is 9.82. The molecule has 1 heterocycles. The predicted octanol–water partition coefficient (Wildman–Crippen LogP) is 2.41. The average Bonchev–Trinajstić information content (AvgIpc) is 2.58. The third-order valence-corrected chi connectivity index (χ3v) is 4.20. The number of benzene rings is 1. The van der Waals surface area contributed by atoms with Crippen molar-refractivity contribution in [3.8, 4) is 9.14 Å². The molecule has 0 amide bonds. The second-order valence-corrected chi connectivity index (χ2v) is 5.05. The van der Waals surface area contributed by atoms with Gasteiger partial charge in [0.1, 0.15) is 0 Å². The van der Waals surface area contributed by atoms with E-state index in [4.69, 9.17) is 0 Å². The van der Waals surface area contributed by atoms with Crippen molar-refractivity contribution >= 4 is 20.4 Å².